The van der Waals surface area contributed by atoms with Gasteiger partial charge in [0.1, 0.15) is 12.4 Å². The van der Waals surface area contributed by atoms with Crippen LogP contribution in [-0.2, 0) is 17.9 Å². The molecule has 0 aromatic carbocycles. The molecule has 2 heterocycles. The van der Waals surface area contributed by atoms with Gasteiger partial charge in [0.15, 0.2) is 0 Å². The second kappa shape index (κ2) is 7.54. The Bertz CT molecular complexity index is 498. The molecule has 0 aliphatic carbocycles. The summed E-state index contributed by atoms with van der Waals surface area (Å²) in [6, 6.07) is 3.67. The summed E-state index contributed by atoms with van der Waals surface area (Å²) in [5.41, 5.74) is 0. The molecule has 2 rings (SSSR count). The maximum absolute atomic E-state index is 9.92. The Morgan fingerprint density at radius 3 is 3.05 bits per heavy atom. The predicted molar refractivity (Wildman–Crippen MR) is 77.6 cm³/mol. The Balaban J connectivity index is 1.64. The van der Waals surface area contributed by atoms with Gasteiger partial charge in [-0.1, -0.05) is 0 Å². The molecule has 0 fully saturated rings. The van der Waals surface area contributed by atoms with Crippen LogP contribution in [0.1, 0.15) is 15.6 Å². The van der Waals surface area contributed by atoms with E-state index in [-0.39, 0.29) is 0 Å². The van der Waals surface area contributed by atoms with Gasteiger partial charge in [-0.3, -0.25) is 4.90 Å². The number of furan rings is 1. The van der Waals surface area contributed by atoms with E-state index in [9.17, 15) is 5.11 Å². The topological polar surface area (TPSA) is 58.7 Å². The molecular weight excluding hydrogens is 276 g/mol. The molecule has 0 bridgehead atoms. The molecule has 0 saturated heterocycles. The molecule has 0 spiro atoms. The Hall–Kier alpha value is -1.21. The maximum atomic E-state index is 9.92. The number of rotatable bonds is 8. The minimum Gasteiger partial charge on any atom is -0.467 e. The lowest BCUT2D eigenvalue weighted by atomic mass is 10.3. The molecule has 0 radical (unpaired) electrons. The van der Waals surface area contributed by atoms with Gasteiger partial charge >= 0.3 is 0 Å². The van der Waals surface area contributed by atoms with Crippen LogP contribution in [0.2, 0.25) is 0 Å². The molecule has 110 valence electrons. The van der Waals surface area contributed by atoms with Crippen LogP contribution in [0.15, 0.2) is 29.0 Å². The number of hydrogen-bond donors (Lipinski definition) is 1. The van der Waals surface area contributed by atoms with Crippen molar-refractivity contribution < 1.29 is 14.3 Å². The Morgan fingerprint density at radius 2 is 2.40 bits per heavy atom. The van der Waals surface area contributed by atoms with Gasteiger partial charge in [0.25, 0.3) is 0 Å². The molecule has 0 amide bonds. The van der Waals surface area contributed by atoms with Gasteiger partial charge in [0, 0.05) is 24.2 Å². The van der Waals surface area contributed by atoms with Crippen LogP contribution in [0, 0.1) is 6.92 Å². The first kappa shape index (κ1) is 15.2. The molecule has 1 N–H and O–H groups in total. The molecule has 2 aromatic heterocycles. The van der Waals surface area contributed by atoms with Crippen molar-refractivity contribution in [2.24, 2.45) is 0 Å². The third kappa shape index (κ3) is 5.05. The van der Waals surface area contributed by atoms with Crippen LogP contribution in [0.25, 0.3) is 0 Å². The van der Waals surface area contributed by atoms with Crippen molar-refractivity contribution in [1.29, 1.82) is 0 Å². The minimum atomic E-state index is -0.510. The summed E-state index contributed by atoms with van der Waals surface area (Å²) >= 11 is 1.68. The average molecular weight is 296 g/mol. The highest BCUT2D eigenvalue weighted by Gasteiger charge is 2.10. The molecule has 0 aliphatic rings. The van der Waals surface area contributed by atoms with E-state index in [0.29, 0.717) is 19.8 Å². The highest BCUT2D eigenvalue weighted by Crippen LogP contribution is 2.13. The zero-order valence-corrected chi connectivity index (χ0v) is 12.6. The number of hydrogen-bond acceptors (Lipinski definition) is 6. The highest BCUT2D eigenvalue weighted by atomic mass is 32.1. The zero-order chi connectivity index (χ0) is 14.4. The number of nitrogens with zero attached hydrogens (tertiary/aromatic N) is 2. The Labute approximate surface area is 122 Å². The van der Waals surface area contributed by atoms with Crippen LogP contribution in [-0.4, -0.2) is 41.3 Å². The number of likely N-dealkylation sites (N-methyl/N-ethyl adjacent to an activating group) is 1. The SMILES string of the molecule is Cc1ncc(CN(C)C[C@@H](O)COCc2ccco2)s1. The van der Waals surface area contributed by atoms with Gasteiger partial charge in [-0.25, -0.2) is 4.98 Å². The smallest absolute Gasteiger partial charge is 0.129 e. The van der Waals surface area contributed by atoms with Crippen LogP contribution in [0.4, 0.5) is 0 Å². The fourth-order valence-electron chi connectivity index (χ4n) is 1.91. The van der Waals surface area contributed by atoms with Crippen LogP contribution in [0.5, 0.6) is 0 Å². The second-order valence-electron chi connectivity index (χ2n) is 4.79. The van der Waals surface area contributed by atoms with E-state index < -0.39 is 6.10 Å². The molecule has 20 heavy (non-hydrogen) atoms. The monoisotopic (exact) mass is 296 g/mol. The van der Waals surface area contributed by atoms with Crippen molar-refractivity contribution in [2.45, 2.75) is 26.2 Å². The lowest BCUT2D eigenvalue weighted by Crippen LogP contribution is -2.31. The summed E-state index contributed by atoms with van der Waals surface area (Å²) in [6.45, 7) is 4.04. The molecule has 2 aromatic rings. The number of ether oxygens (including phenoxy) is 1. The predicted octanol–water partition coefficient (Wildman–Crippen LogP) is 2.05. The molecule has 6 heteroatoms. The third-order valence-corrected chi connectivity index (χ3v) is 3.65. The molecule has 0 aliphatic heterocycles. The third-order valence-electron chi connectivity index (χ3n) is 2.75. The van der Waals surface area contributed by atoms with E-state index in [0.717, 1.165) is 17.3 Å². The summed E-state index contributed by atoms with van der Waals surface area (Å²) in [5.74, 6) is 0.769. The molecular formula is C14H20N2O3S. The fraction of sp³-hybridized carbons (Fsp3) is 0.500. The molecule has 0 saturated carbocycles. The van der Waals surface area contributed by atoms with Crippen LogP contribution >= 0.6 is 11.3 Å². The van der Waals surface area contributed by atoms with Crippen molar-refractivity contribution in [3.8, 4) is 0 Å². The molecule has 0 unspecified atom stereocenters. The van der Waals surface area contributed by atoms with Gasteiger partial charge < -0.3 is 14.3 Å². The maximum Gasteiger partial charge on any atom is 0.129 e. The lowest BCUT2D eigenvalue weighted by molar-refractivity contribution is 0.00778. The van der Waals surface area contributed by atoms with Crippen LogP contribution < -0.4 is 0 Å². The van der Waals surface area contributed by atoms with Crippen LogP contribution in [0.3, 0.4) is 0 Å². The lowest BCUT2D eigenvalue weighted by Gasteiger charge is -2.19. The van der Waals surface area contributed by atoms with E-state index in [2.05, 4.69) is 9.88 Å². The summed E-state index contributed by atoms with van der Waals surface area (Å²) in [6.07, 6.45) is 2.99. The van der Waals surface area contributed by atoms with Crippen molar-refractivity contribution in [1.82, 2.24) is 9.88 Å². The van der Waals surface area contributed by atoms with Gasteiger partial charge in [-0.2, -0.15) is 0 Å². The normalized spacial score (nSPS) is 13.0. The zero-order valence-electron chi connectivity index (χ0n) is 11.8. The highest BCUT2D eigenvalue weighted by molar-refractivity contribution is 7.11. The largest absolute Gasteiger partial charge is 0.467 e. The van der Waals surface area contributed by atoms with E-state index in [4.69, 9.17) is 9.15 Å². The summed E-state index contributed by atoms with van der Waals surface area (Å²) < 4.78 is 10.6. The van der Waals surface area contributed by atoms with Gasteiger partial charge in [0.05, 0.1) is 24.0 Å². The molecule has 5 nitrogen and oxygen atoms in total. The number of aliphatic hydroxyl groups excluding tert-OH is 1. The first-order chi connectivity index (χ1) is 9.63. The fourth-order valence-corrected chi connectivity index (χ4v) is 2.79. The van der Waals surface area contributed by atoms with Crippen molar-refractivity contribution in [3.05, 3.63) is 40.2 Å². The van der Waals surface area contributed by atoms with Crippen molar-refractivity contribution in [2.75, 3.05) is 20.2 Å². The van der Waals surface area contributed by atoms with Crippen molar-refractivity contribution in [3.63, 3.8) is 0 Å². The van der Waals surface area contributed by atoms with E-state index in [1.54, 1.807) is 17.6 Å². The van der Waals surface area contributed by atoms with E-state index in [1.807, 2.05) is 32.3 Å². The molecule has 1 atom stereocenters. The number of aliphatic hydroxyl groups is 1. The quantitative estimate of drug-likeness (QED) is 0.808. The van der Waals surface area contributed by atoms with Gasteiger partial charge in [-0.05, 0) is 26.1 Å². The summed E-state index contributed by atoms with van der Waals surface area (Å²) in [4.78, 5) is 7.49. The van der Waals surface area contributed by atoms with E-state index in [1.165, 1.54) is 4.88 Å². The van der Waals surface area contributed by atoms with E-state index >= 15 is 0 Å². The Morgan fingerprint density at radius 1 is 1.55 bits per heavy atom. The average Bonchev–Trinajstić information content (AvgIpc) is 3.01. The number of thiazole rings is 1. The number of aromatic nitrogens is 1. The number of aryl methyl sites for hydroxylation is 1. The standard InChI is InChI=1S/C14H20N2O3S/c1-11-15-6-14(20-11)8-16(2)7-12(17)9-18-10-13-4-3-5-19-13/h3-6,12,17H,7-10H2,1-2H3/t12-/m1/s1. The first-order valence-electron chi connectivity index (χ1n) is 6.51. The summed E-state index contributed by atoms with van der Waals surface area (Å²) in [5, 5.41) is 11.0. The van der Waals surface area contributed by atoms with Gasteiger partial charge in [0.2, 0.25) is 0 Å². The summed E-state index contributed by atoms with van der Waals surface area (Å²) in [7, 11) is 1.98. The minimum absolute atomic E-state index is 0.298. The first-order valence-corrected chi connectivity index (χ1v) is 7.33. The van der Waals surface area contributed by atoms with Gasteiger partial charge in [-0.15, -0.1) is 11.3 Å². The second-order valence-corrected chi connectivity index (χ2v) is 6.11. The Kier molecular flexibility index (Phi) is 5.72. The van der Waals surface area contributed by atoms with Crippen molar-refractivity contribution >= 4 is 11.3 Å².